The Labute approximate surface area is 195 Å². The number of hydrogen-bond acceptors (Lipinski definition) is 4. The molecule has 7 nitrogen and oxygen atoms in total. The summed E-state index contributed by atoms with van der Waals surface area (Å²) in [5.41, 5.74) is 1.95. The Morgan fingerprint density at radius 2 is 1.70 bits per heavy atom. The van der Waals surface area contributed by atoms with Gasteiger partial charge in [0.15, 0.2) is 0 Å². The maximum Gasteiger partial charge on any atom is 0.253 e. The first-order valence-electron chi connectivity index (χ1n) is 11.2. The summed E-state index contributed by atoms with van der Waals surface area (Å²) in [6.07, 6.45) is 3.78. The van der Waals surface area contributed by atoms with Crippen LogP contribution in [0.25, 0.3) is 0 Å². The number of sulfonamides is 1. The molecule has 0 atom stereocenters. The Morgan fingerprint density at radius 1 is 1.03 bits per heavy atom. The molecule has 2 aromatic rings. The smallest absolute Gasteiger partial charge is 0.253 e. The number of para-hydroxylation sites is 1. The van der Waals surface area contributed by atoms with Gasteiger partial charge in [-0.1, -0.05) is 48.5 Å². The fourth-order valence-electron chi connectivity index (χ4n) is 3.91. The highest BCUT2D eigenvalue weighted by atomic mass is 32.2. The fourth-order valence-corrected chi connectivity index (χ4v) is 5.45. The van der Waals surface area contributed by atoms with Crippen LogP contribution in [0.4, 0.5) is 5.69 Å². The van der Waals surface area contributed by atoms with Crippen molar-refractivity contribution in [2.45, 2.75) is 25.7 Å². The van der Waals surface area contributed by atoms with Gasteiger partial charge in [-0.15, -0.1) is 6.58 Å². The van der Waals surface area contributed by atoms with E-state index in [0.29, 0.717) is 50.1 Å². The summed E-state index contributed by atoms with van der Waals surface area (Å²) in [4.78, 5) is 25.1. The van der Waals surface area contributed by atoms with Crippen LogP contribution in [-0.4, -0.2) is 49.9 Å². The minimum atomic E-state index is -3.35. The zero-order chi connectivity index (χ0) is 23.7. The second kappa shape index (κ2) is 11.8. The van der Waals surface area contributed by atoms with Gasteiger partial charge in [-0.3, -0.25) is 9.59 Å². The lowest BCUT2D eigenvalue weighted by Crippen LogP contribution is -2.42. The Balaban J connectivity index is 1.51. The van der Waals surface area contributed by atoms with Gasteiger partial charge in [-0.25, -0.2) is 12.7 Å². The molecular weight excluding hydrogens is 438 g/mol. The zero-order valence-corrected chi connectivity index (χ0v) is 19.5. The van der Waals surface area contributed by atoms with Gasteiger partial charge in [0.1, 0.15) is 0 Å². The van der Waals surface area contributed by atoms with Crippen LogP contribution >= 0.6 is 0 Å². The molecule has 0 aliphatic carbocycles. The molecule has 33 heavy (non-hydrogen) atoms. The molecular formula is C25H31N3O4S. The standard InChI is InChI=1S/C25H31N3O4S/c1-2-16-26-25(30)22-12-6-7-13-23(22)27-24(29)21-14-17-28(18-15-21)33(31,32)19-8-11-20-9-4-3-5-10-20/h2-7,9-10,12-13,21H,1,8,11,14-19H2,(H,26,30)(H,27,29). The largest absolute Gasteiger partial charge is 0.349 e. The highest BCUT2D eigenvalue weighted by molar-refractivity contribution is 7.89. The lowest BCUT2D eigenvalue weighted by Gasteiger charge is -2.30. The highest BCUT2D eigenvalue weighted by Gasteiger charge is 2.31. The third-order valence-electron chi connectivity index (χ3n) is 5.77. The highest BCUT2D eigenvalue weighted by Crippen LogP contribution is 2.23. The summed E-state index contributed by atoms with van der Waals surface area (Å²) < 4.78 is 26.9. The third-order valence-corrected chi connectivity index (χ3v) is 7.72. The molecule has 8 heteroatoms. The molecule has 2 aromatic carbocycles. The fraction of sp³-hybridized carbons (Fsp3) is 0.360. The molecule has 0 saturated carbocycles. The van der Waals surface area contributed by atoms with Crippen molar-refractivity contribution in [3.05, 3.63) is 78.4 Å². The van der Waals surface area contributed by atoms with E-state index in [9.17, 15) is 18.0 Å². The molecule has 176 valence electrons. The van der Waals surface area contributed by atoms with Crippen LogP contribution in [0.1, 0.15) is 35.2 Å². The summed E-state index contributed by atoms with van der Waals surface area (Å²) in [5.74, 6) is -0.682. The molecule has 1 aliphatic heterocycles. The normalized spacial score (nSPS) is 15.0. The molecule has 0 unspecified atom stereocenters. The number of aryl methyl sites for hydroxylation is 1. The summed E-state index contributed by atoms with van der Waals surface area (Å²) in [5, 5.41) is 5.56. The van der Waals surface area contributed by atoms with Crippen molar-refractivity contribution in [3.63, 3.8) is 0 Å². The lowest BCUT2D eigenvalue weighted by molar-refractivity contribution is -0.120. The van der Waals surface area contributed by atoms with Crippen molar-refractivity contribution in [1.82, 2.24) is 9.62 Å². The predicted molar refractivity (Wildman–Crippen MR) is 130 cm³/mol. The van der Waals surface area contributed by atoms with E-state index in [1.807, 2.05) is 30.3 Å². The number of hydrogen-bond donors (Lipinski definition) is 2. The van der Waals surface area contributed by atoms with Crippen LogP contribution in [0, 0.1) is 5.92 Å². The summed E-state index contributed by atoms with van der Waals surface area (Å²) in [7, 11) is -3.35. The predicted octanol–water partition coefficient (Wildman–Crippen LogP) is 3.22. The molecule has 1 aliphatic rings. The zero-order valence-electron chi connectivity index (χ0n) is 18.7. The van der Waals surface area contributed by atoms with Crippen LogP contribution in [-0.2, 0) is 21.2 Å². The quantitative estimate of drug-likeness (QED) is 0.523. The molecule has 0 bridgehead atoms. The number of nitrogens with zero attached hydrogens (tertiary/aromatic N) is 1. The van der Waals surface area contributed by atoms with Gasteiger partial charge in [0, 0.05) is 25.6 Å². The first-order valence-corrected chi connectivity index (χ1v) is 12.8. The van der Waals surface area contributed by atoms with E-state index in [1.54, 1.807) is 30.3 Å². The van der Waals surface area contributed by atoms with Crippen molar-refractivity contribution < 1.29 is 18.0 Å². The number of amides is 2. The van der Waals surface area contributed by atoms with Crippen LogP contribution < -0.4 is 10.6 Å². The minimum Gasteiger partial charge on any atom is -0.349 e. The Bertz CT molecular complexity index is 1060. The van der Waals surface area contributed by atoms with E-state index in [0.717, 1.165) is 12.0 Å². The second-order valence-electron chi connectivity index (χ2n) is 8.11. The van der Waals surface area contributed by atoms with Crippen molar-refractivity contribution in [3.8, 4) is 0 Å². The molecule has 2 amide bonds. The average molecular weight is 470 g/mol. The van der Waals surface area contributed by atoms with E-state index in [1.165, 1.54) is 4.31 Å². The second-order valence-corrected chi connectivity index (χ2v) is 10.2. The van der Waals surface area contributed by atoms with Crippen molar-refractivity contribution in [2.24, 2.45) is 5.92 Å². The van der Waals surface area contributed by atoms with Crippen LogP contribution in [0.15, 0.2) is 67.3 Å². The van der Waals surface area contributed by atoms with Gasteiger partial charge < -0.3 is 10.6 Å². The maximum atomic E-state index is 12.8. The van der Waals surface area contributed by atoms with E-state index in [4.69, 9.17) is 0 Å². The molecule has 1 fully saturated rings. The van der Waals surface area contributed by atoms with Crippen molar-refractivity contribution in [1.29, 1.82) is 0 Å². The average Bonchev–Trinajstić information content (AvgIpc) is 2.83. The number of carbonyl (C=O) groups is 2. The third kappa shape index (κ3) is 7.00. The van der Waals surface area contributed by atoms with Crippen molar-refractivity contribution >= 4 is 27.5 Å². The summed E-state index contributed by atoms with van der Waals surface area (Å²) in [6.45, 7) is 4.57. The van der Waals surface area contributed by atoms with Crippen LogP contribution in [0.5, 0.6) is 0 Å². The van der Waals surface area contributed by atoms with Crippen LogP contribution in [0.2, 0.25) is 0 Å². The van der Waals surface area contributed by atoms with Crippen molar-refractivity contribution in [2.75, 3.05) is 30.7 Å². The minimum absolute atomic E-state index is 0.103. The molecule has 1 saturated heterocycles. The van der Waals surface area contributed by atoms with E-state index in [-0.39, 0.29) is 23.5 Å². The van der Waals surface area contributed by atoms with Gasteiger partial charge in [-0.2, -0.15) is 0 Å². The number of anilines is 1. The molecule has 2 N–H and O–H groups in total. The Hall–Kier alpha value is -2.97. The summed E-state index contributed by atoms with van der Waals surface area (Å²) >= 11 is 0. The van der Waals surface area contributed by atoms with Gasteiger partial charge >= 0.3 is 0 Å². The molecule has 3 rings (SSSR count). The van der Waals surface area contributed by atoms with Crippen LogP contribution in [0.3, 0.4) is 0 Å². The number of rotatable bonds is 10. The SMILES string of the molecule is C=CCNC(=O)c1ccccc1NC(=O)C1CCN(S(=O)(=O)CCCc2ccccc2)CC1. The monoisotopic (exact) mass is 469 g/mol. The summed E-state index contributed by atoms with van der Waals surface area (Å²) in [6, 6.07) is 16.7. The Morgan fingerprint density at radius 3 is 2.39 bits per heavy atom. The van der Waals surface area contributed by atoms with Gasteiger partial charge in [0.05, 0.1) is 17.0 Å². The molecule has 0 spiro atoms. The number of piperidine rings is 1. The number of nitrogens with one attached hydrogen (secondary N) is 2. The van der Waals surface area contributed by atoms with Gasteiger partial charge in [-0.05, 0) is 43.4 Å². The van der Waals surface area contributed by atoms with Gasteiger partial charge in [0.2, 0.25) is 15.9 Å². The maximum absolute atomic E-state index is 12.8. The molecule has 0 aromatic heterocycles. The number of benzene rings is 2. The van der Waals surface area contributed by atoms with E-state index >= 15 is 0 Å². The number of carbonyl (C=O) groups excluding carboxylic acids is 2. The Kier molecular flexibility index (Phi) is 8.79. The van der Waals surface area contributed by atoms with E-state index in [2.05, 4.69) is 17.2 Å². The first-order chi connectivity index (χ1) is 15.9. The van der Waals surface area contributed by atoms with Gasteiger partial charge in [0.25, 0.3) is 5.91 Å². The van der Waals surface area contributed by atoms with E-state index < -0.39 is 10.0 Å². The molecule has 0 radical (unpaired) electrons. The molecule has 1 heterocycles. The topological polar surface area (TPSA) is 95.6 Å². The lowest BCUT2D eigenvalue weighted by atomic mass is 9.97. The first kappa shape index (κ1) is 24.7.